The molecule has 1 fully saturated rings. The smallest absolute Gasteiger partial charge is 0.246 e. The Morgan fingerprint density at radius 2 is 1.73 bits per heavy atom. The number of nitrogens with one attached hydrogen (secondary N) is 1. The highest BCUT2D eigenvalue weighted by molar-refractivity contribution is 7.89. The molecular weight excluding hydrogens is 396 g/mol. The quantitative estimate of drug-likeness (QED) is 0.646. The van der Waals surface area contributed by atoms with Crippen LogP contribution in [0, 0.1) is 6.92 Å². The first-order valence-corrected chi connectivity index (χ1v) is 11.7. The van der Waals surface area contributed by atoms with E-state index in [2.05, 4.69) is 21.4 Å². The van der Waals surface area contributed by atoms with Crippen LogP contribution in [0.4, 0.5) is 5.82 Å². The van der Waals surface area contributed by atoms with E-state index in [1.165, 1.54) is 0 Å². The van der Waals surface area contributed by atoms with Crippen LogP contribution in [0.5, 0.6) is 0 Å². The first-order valence-electron chi connectivity index (χ1n) is 10.2. The van der Waals surface area contributed by atoms with Gasteiger partial charge in [-0.2, -0.15) is 4.31 Å². The van der Waals surface area contributed by atoms with E-state index in [1.54, 1.807) is 28.8 Å². The number of hydrogen-bond acceptors (Lipinski definition) is 5. The van der Waals surface area contributed by atoms with Gasteiger partial charge in [0.15, 0.2) is 0 Å². The van der Waals surface area contributed by atoms with Gasteiger partial charge in [-0.3, -0.25) is 4.98 Å². The highest BCUT2D eigenvalue weighted by atomic mass is 32.2. The maximum Gasteiger partial charge on any atom is 0.246 e. The van der Waals surface area contributed by atoms with Gasteiger partial charge in [0.2, 0.25) is 10.0 Å². The first kappa shape index (κ1) is 20.5. The van der Waals surface area contributed by atoms with Gasteiger partial charge in [-0.05, 0) is 49.6 Å². The molecule has 1 unspecified atom stereocenters. The minimum absolute atomic E-state index is 0.209. The third-order valence-corrected chi connectivity index (χ3v) is 7.27. The second-order valence-electron chi connectivity index (χ2n) is 7.56. The number of aromatic nitrogens is 2. The predicted molar refractivity (Wildman–Crippen MR) is 118 cm³/mol. The van der Waals surface area contributed by atoms with E-state index in [-0.39, 0.29) is 10.9 Å². The van der Waals surface area contributed by atoms with Gasteiger partial charge in [0, 0.05) is 25.5 Å². The molecule has 1 saturated heterocycles. The van der Waals surface area contributed by atoms with Crippen molar-refractivity contribution in [1.82, 2.24) is 14.3 Å². The summed E-state index contributed by atoms with van der Waals surface area (Å²) < 4.78 is 28.3. The summed E-state index contributed by atoms with van der Waals surface area (Å²) in [7, 11) is -3.62. The van der Waals surface area contributed by atoms with Gasteiger partial charge in [-0.25, -0.2) is 13.4 Å². The number of rotatable bonds is 6. The third-order valence-electron chi connectivity index (χ3n) is 5.34. The van der Waals surface area contributed by atoms with Gasteiger partial charge >= 0.3 is 0 Å². The number of sulfonamides is 1. The molecular formula is C23H26N4O2S. The molecule has 6 nitrogen and oxygen atoms in total. The van der Waals surface area contributed by atoms with E-state index >= 15 is 0 Å². The molecule has 2 aromatic heterocycles. The van der Waals surface area contributed by atoms with Crippen LogP contribution >= 0.6 is 0 Å². The SMILES string of the molecule is Cc1cccc(C(Nc2ncccc2S(=O)(=O)N2CCCCC2)c2ccccn2)c1. The molecule has 1 aromatic carbocycles. The minimum Gasteiger partial charge on any atom is -0.356 e. The molecule has 3 aromatic rings. The maximum atomic E-state index is 13.3. The lowest BCUT2D eigenvalue weighted by atomic mass is 10.0. The summed E-state index contributed by atoms with van der Waals surface area (Å²) >= 11 is 0. The van der Waals surface area contributed by atoms with Crippen molar-refractivity contribution in [3.8, 4) is 0 Å². The van der Waals surface area contributed by atoms with Crippen molar-refractivity contribution in [2.45, 2.75) is 37.1 Å². The zero-order chi connectivity index (χ0) is 21.0. The second kappa shape index (κ2) is 8.93. The average Bonchev–Trinajstić information content (AvgIpc) is 2.79. The van der Waals surface area contributed by atoms with Crippen LogP contribution in [0.1, 0.15) is 42.1 Å². The molecule has 156 valence electrons. The van der Waals surface area contributed by atoms with E-state index in [1.807, 2.05) is 43.3 Å². The van der Waals surface area contributed by atoms with Crippen molar-refractivity contribution in [2.75, 3.05) is 18.4 Å². The summed E-state index contributed by atoms with van der Waals surface area (Å²) in [6.45, 7) is 3.14. The van der Waals surface area contributed by atoms with Gasteiger partial charge in [-0.15, -0.1) is 0 Å². The molecule has 3 heterocycles. The van der Waals surface area contributed by atoms with Crippen LogP contribution in [0.2, 0.25) is 0 Å². The fourth-order valence-corrected chi connectivity index (χ4v) is 5.44. The molecule has 7 heteroatoms. The summed E-state index contributed by atoms with van der Waals surface area (Å²) in [5.74, 6) is 0.347. The Balaban J connectivity index is 1.74. The van der Waals surface area contributed by atoms with Crippen LogP contribution in [-0.4, -0.2) is 35.8 Å². The molecule has 0 amide bonds. The predicted octanol–water partition coefficient (Wildman–Crippen LogP) is 4.16. The summed E-state index contributed by atoms with van der Waals surface area (Å²) in [6, 6.07) is 16.8. The van der Waals surface area contributed by atoms with E-state index < -0.39 is 10.0 Å². The monoisotopic (exact) mass is 422 g/mol. The van der Waals surface area contributed by atoms with Crippen molar-refractivity contribution < 1.29 is 8.42 Å². The lowest BCUT2D eigenvalue weighted by Gasteiger charge is -2.27. The Bertz CT molecular complexity index is 1100. The fraction of sp³-hybridized carbons (Fsp3) is 0.304. The number of piperidine rings is 1. The first-order chi connectivity index (χ1) is 14.6. The zero-order valence-corrected chi connectivity index (χ0v) is 17.8. The van der Waals surface area contributed by atoms with Crippen molar-refractivity contribution >= 4 is 15.8 Å². The summed E-state index contributed by atoms with van der Waals surface area (Å²) in [4.78, 5) is 9.13. The number of pyridine rings is 2. The van der Waals surface area contributed by atoms with E-state index in [9.17, 15) is 8.42 Å². The molecule has 0 saturated carbocycles. The highest BCUT2D eigenvalue weighted by Crippen LogP contribution is 2.30. The van der Waals surface area contributed by atoms with Gasteiger partial charge in [-0.1, -0.05) is 42.3 Å². The molecule has 0 aliphatic carbocycles. The van der Waals surface area contributed by atoms with Crippen molar-refractivity contribution in [2.24, 2.45) is 0 Å². The van der Waals surface area contributed by atoms with Crippen LogP contribution in [0.25, 0.3) is 0 Å². The molecule has 1 N–H and O–H groups in total. The summed E-state index contributed by atoms with van der Waals surface area (Å²) in [5, 5.41) is 3.37. The highest BCUT2D eigenvalue weighted by Gasteiger charge is 2.30. The Kier molecular flexibility index (Phi) is 6.11. The molecule has 0 bridgehead atoms. The van der Waals surface area contributed by atoms with Gasteiger partial charge in [0.25, 0.3) is 0 Å². The van der Waals surface area contributed by atoms with Crippen molar-refractivity contribution in [1.29, 1.82) is 0 Å². The third kappa shape index (κ3) is 4.37. The largest absolute Gasteiger partial charge is 0.356 e. The lowest BCUT2D eigenvalue weighted by Crippen LogP contribution is -2.36. The molecule has 1 atom stereocenters. The molecule has 0 spiro atoms. The summed E-state index contributed by atoms with van der Waals surface area (Å²) in [6.07, 6.45) is 6.20. The Morgan fingerprint density at radius 3 is 2.47 bits per heavy atom. The molecule has 1 aliphatic heterocycles. The van der Waals surface area contributed by atoms with Crippen LogP contribution in [0.15, 0.2) is 71.9 Å². The molecule has 4 rings (SSSR count). The number of aryl methyl sites for hydroxylation is 1. The minimum atomic E-state index is -3.62. The number of nitrogens with zero attached hydrogens (tertiary/aromatic N) is 3. The number of benzene rings is 1. The molecule has 30 heavy (non-hydrogen) atoms. The van der Waals surface area contributed by atoms with E-state index in [0.29, 0.717) is 18.9 Å². The van der Waals surface area contributed by atoms with Gasteiger partial charge in [0.1, 0.15) is 10.7 Å². The van der Waals surface area contributed by atoms with E-state index in [4.69, 9.17) is 0 Å². The topological polar surface area (TPSA) is 75.2 Å². The normalized spacial score (nSPS) is 16.2. The van der Waals surface area contributed by atoms with Gasteiger partial charge in [0.05, 0.1) is 11.7 Å². The van der Waals surface area contributed by atoms with Crippen LogP contribution in [0.3, 0.4) is 0 Å². The summed E-state index contributed by atoms with van der Waals surface area (Å²) in [5.41, 5.74) is 2.92. The van der Waals surface area contributed by atoms with E-state index in [0.717, 1.165) is 36.1 Å². The maximum absolute atomic E-state index is 13.3. The number of anilines is 1. The lowest BCUT2D eigenvalue weighted by molar-refractivity contribution is 0.346. The Morgan fingerprint density at radius 1 is 0.933 bits per heavy atom. The van der Waals surface area contributed by atoms with Crippen LogP contribution < -0.4 is 5.32 Å². The fourth-order valence-electron chi connectivity index (χ4n) is 3.81. The number of hydrogen-bond donors (Lipinski definition) is 1. The van der Waals surface area contributed by atoms with Crippen molar-refractivity contribution in [3.63, 3.8) is 0 Å². The zero-order valence-electron chi connectivity index (χ0n) is 17.0. The standard InChI is InChI=1S/C23H26N4O2S/c1-18-9-7-10-19(17-18)22(20-11-3-4-13-24-20)26-23-21(12-8-14-25-23)30(28,29)27-15-5-2-6-16-27/h3-4,7-14,17,22H,2,5-6,15-16H2,1H3,(H,25,26). The van der Waals surface area contributed by atoms with Crippen LogP contribution in [-0.2, 0) is 10.0 Å². The van der Waals surface area contributed by atoms with Gasteiger partial charge < -0.3 is 5.32 Å². The average molecular weight is 423 g/mol. The van der Waals surface area contributed by atoms with Crippen molar-refractivity contribution in [3.05, 3.63) is 83.8 Å². The molecule has 1 aliphatic rings. The molecule has 0 radical (unpaired) electrons. The second-order valence-corrected chi connectivity index (χ2v) is 9.47. The Labute approximate surface area is 178 Å². The Hall–Kier alpha value is -2.77.